The van der Waals surface area contributed by atoms with Gasteiger partial charge in [-0.15, -0.1) is 11.8 Å². The quantitative estimate of drug-likeness (QED) is 0.643. The van der Waals surface area contributed by atoms with E-state index in [2.05, 4.69) is 10.2 Å². The molecule has 1 N–H and O–H groups in total. The molecule has 1 heterocycles. The summed E-state index contributed by atoms with van der Waals surface area (Å²) in [6.07, 6.45) is 11.7. The number of carbonyl (C=O) groups is 2. The van der Waals surface area contributed by atoms with E-state index >= 15 is 0 Å². The molecule has 0 spiro atoms. The third-order valence-corrected chi connectivity index (χ3v) is 8.30. The highest BCUT2D eigenvalue weighted by Gasteiger charge is 2.29. The van der Waals surface area contributed by atoms with Crippen molar-refractivity contribution >= 4 is 23.6 Å². The largest absolute Gasteiger partial charge is 0.355 e. The van der Waals surface area contributed by atoms with Crippen molar-refractivity contribution in [2.75, 3.05) is 38.5 Å². The fourth-order valence-electron chi connectivity index (χ4n) is 5.34. The van der Waals surface area contributed by atoms with Gasteiger partial charge in [0.15, 0.2) is 0 Å². The lowest BCUT2D eigenvalue weighted by molar-refractivity contribution is -0.118. The standard InChI is InChI=1S/C25H37N3O2S/c29-24(26-18-20-8-2-1-3-9-20)19-31-23-13-7-6-12-22(23)25(30)28-16-14-27(15-17-28)21-10-4-5-11-21/h6-7,12-13,20-21H,1-5,8-11,14-19H2,(H,26,29). The van der Waals surface area contributed by atoms with E-state index in [9.17, 15) is 9.59 Å². The van der Waals surface area contributed by atoms with Crippen LogP contribution in [-0.2, 0) is 4.79 Å². The summed E-state index contributed by atoms with van der Waals surface area (Å²) in [5, 5.41) is 3.11. The maximum absolute atomic E-state index is 13.2. The predicted octanol–water partition coefficient (Wildman–Crippen LogP) is 4.18. The van der Waals surface area contributed by atoms with Gasteiger partial charge in [-0.3, -0.25) is 14.5 Å². The summed E-state index contributed by atoms with van der Waals surface area (Å²) in [4.78, 5) is 31.1. The Morgan fingerprint density at radius 1 is 0.903 bits per heavy atom. The zero-order chi connectivity index (χ0) is 21.5. The predicted molar refractivity (Wildman–Crippen MR) is 126 cm³/mol. The van der Waals surface area contributed by atoms with Crippen LogP contribution in [0.1, 0.15) is 68.1 Å². The van der Waals surface area contributed by atoms with Crippen LogP contribution >= 0.6 is 11.8 Å². The first-order chi connectivity index (χ1) is 15.2. The first-order valence-electron chi connectivity index (χ1n) is 12.2. The van der Waals surface area contributed by atoms with Crippen LogP contribution in [0.25, 0.3) is 0 Å². The molecule has 1 aromatic rings. The van der Waals surface area contributed by atoms with Gasteiger partial charge >= 0.3 is 0 Å². The summed E-state index contributed by atoms with van der Waals surface area (Å²) in [5.74, 6) is 1.19. The molecule has 1 aromatic carbocycles. The third-order valence-electron chi connectivity index (χ3n) is 7.23. The van der Waals surface area contributed by atoms with Crippen molar-refractivity contribution < 1.29 is 9.59 Å². The molecule has 0 bridgehead atoms. The first kappa shape index (κ1) is 22.7. The number of hydrogen-bond donors (Lipinski definition) is 1. The zero-order valence-electron chi connectivity index (χ0n) is 18.7. The Kier molecular flexibility index (Phi) is 8.31. The summed E-state index contributed by atoms with van der Waals surface area (Å²) in [7, 11) is 0. The molecule has 5 nitrogen and oxygen atoms in total. The molecule has 2 amide bonds. The molecular weight excluding hydrogens is 406 g/mol. The van der Waals surface area contributed by atoms with Gasteiger partial charge in [0.2, 0.25) is 5.91 Å². The second-order valence-electron chi connectivity index (χ2n) is 9.36. The molecule has 3 aliphatic rings. The summed E-state index contributed by atoms with van der Waals surface area (Å²) in [6, 6.07) is 8.49. The summed E-state index contributed by atoms with van der Waals surface area (Å²) >= 11 is 1.49. The molecule has 2 saturated carbocycles. The fraction of sp³-hybridized carbons (Fsp3) is 0.680. The number of benzene rings is 1. The Morgan fingerprint density at radius 3 is 2.32 bits per heavy atom. The Morgan fingerprint density at radius 2 is 1.58 bits per heavy atom. The molecule has 6 heteroatoms. The molecule has 2 aliphatic carbocycles. The average molecular weight is 444 g/mol. The van der Waals surface area contributed by atoms with Crippen LogP contribution in [0.3, 0.4) is 0 Å². The van der Waals surface area contributed by atoms with Crippen molar-refractivity contribution in [3.8, 4) is 0 Å². The maximum Gasteiger partial charge on any atom is 0.255 e. The lowest BCUT2D eigenvalue weighted by atomic mass is 9.89. The molecule has 1 aliphatic heterocycles. The Balaban J connectivity index is 1.26. The topological polar surface area (TPSA) is 52.7 Å². The van der Waals surface area contributed by atoms with Crippen LogP contribution in [0, 0.1) is 5.92 Å². The molecule has 0 unspecified atom stereocenters. The number of thioether (sulfide) groups is 1. The summed E-state index contributed by atoms with van der Waals surface area (Å²) in [5.41, 5.74) is 0.738. The molecule has 1 saturated heterocycles. The molecular formula is C25H37N3O2S. The van der Waals surface area contributed by atoms with Gasteiger partial charge in [-0.1, -0.05) is 44.2 Å². The van der Waals surface area contributed by atoms with Crippen LogP contribution in [0.4, 0.5) is 0 Å². The molecule has 0 atom stereocenters. The maximum atomic E-state index is 13.2. The second-order valence-corrected chi connectivity index (χ2v) is 10.4. The van der Waals surface area contributed by atoms with E-state index < -0.39 is 0 Å². The van der Waals surface area contributed by atoms with Gasteiger partial charge in [0, 0.05) is 43.7 Å². The molecule has 4 rings (SSSR count). The van der Waals surface area contributed by atoms with Crippen LogP contribution in [0.2, 0.25) is 0 Å². The SMILES string of the molecule is O=C(CSc1ccccc1C(=O)N1CCN(C2CCCC2)CC1)NCC1CCCCC1. The highest BCUT2D eigenvalue weighted by Crippen LogP contribution is 2.27. The highest BCUT2D eigenvalue weighted by molar-refractivity contribution is 8.00. The third kappa shape index (κ3) is 6.26. The van der Waals surface area contributed by atoms with Gasteiger partial charge in [-0.25, -0.2) is 0 Å². The molecule has 0 aromatic heterocycles. The molecule has 3 fully saturated rings. The molecule has 31 heavy (non-hydrogen) atoms. The summed E-state index contributed by atoms with van der Waals surface area (Å²) < 4.78 is 0. The van der Waals surface area contributed by atoms with E-state index in [1.54, 1.807) is 0 Å². The monoisotopic (exact) mass is 443 g/mol. The van der Waals surface area contributed by atoms with E-state index in [1.165, 1.54) is 69.5 Å². The van der Waals surface area contributed by atoms with E-state index in [0.717, 1.165) is 49.2 Å². The Bertz CT molecular complexity index is 736. The van der Waals surface area contributed by atoms with Crippen molar-refractivity contribution in [1.82, 2.24) is 15.1 Å². The van der Waals surface area contributed by atoms with Crippen molar-refractivity contribution in [2.45, 2.75) is 68.7 Å². The van der Waals surface area contributed by atoms with Gasteiger partial charge in [0.05, 0.1) is 11.3 Å². The van der Waals surface area contributed by atoms with E-state index in [4.69, 9.17) is 0 Å². The molecule has 0 radical (unpaired) electrons. The van der Waals surface area contributed by atoms with Crippen molar-refractivity contribution in [2.24, 2.45) is 5.92 Å². The minimum atomic E-state index is 0.0722. The normalized spacial score (nSPS) is 21.4. The lowest BCUT2D eigenvalue weighted by Crippen LogP contribution is -2.51. The van der Waals surface area contributed by atoms with Crippen LogP contribution in [0.15, 0.2) is 29.2 Å². The van der Waals surface area contributed by atoms with Gasteiger partial charge in [0.25, 0.3) is 5.91 Å². The number of carbonyl (C=O) groups excluding carboxylic acids is 2. The van der Waals surface area contributed by atoms with Crippen LogP contribution in [0.5, 0.6) is 0 Å². The van der Waals surface area contributed by atoms with E-state index in [-0.39, 0.29) is 11.8 Å². The number of hydrogen-bond acceptors (Lipinski definition) is 4. The molecule has 170 valence electrons. The first-order valence-corrected chi connectivity index (χ1v) is 13.2. The number of nitrogens with one attached hydrogen (secondary N) is 1. The number of piperazine rings is 1. The van der Waals surface area contributed by atoms with Crippen molar-refractivity contribution in [3.63, 3.8) is 0 Å². The van der Waals surface area contributed by atoms with Gasteiger partial charge in [-0.2, -0.15) is 0 Å². The van der Waals surface area contributed by atoms with Gasteiger partial charge in [-0.05, 0) is 43.7 Å². The second kappa shape index (κ2) is 11.4. The van der Waals surface area contributed by atoms with E-state index in [0.29, 0.717) is 11.7 Å². The summed E-state index contributed by atoms with van der Waals surface area (Å²) in [6.45, 7) is 4.36. The van der Waals surface area contributed by atoms with E-state index in [1.807, 2.05) is 29.2 Å². The number of amides is 2. The number of rotatable bonds is 7. The fourth-order valence-corrected chi connectivity index (χ4v) is 6.22. The average Bonchev–Trinajstić information content (AvgIpc) is 3.37. The van der Waals surface area contributed by atoms with Crippen molar-refractivity contribution in [1.29, 1.82) is 0 Å². The Labute approximate surface area is 191 Å². The Hall–Kier alpha value is -1.53. The van der Waals surface area contributed by atoms with Crippen molar-refractivity contribution in [3.05, 3.63) is 29.8 Å². The number of nitrogens with zero attached hydrogens (tertiary/aromatic N) is 2. The lowest BCUT2D eigenvalue weighted by Gasteiger charge is -2.38. The zero-order valence-corrected chi connectivity index (χ0v) is 19.5. The highest BCUT2D eigenvalue weighted by atomic mass is 32.2. The smallest absolute Gasteiger partial charge is 0.255 e. The minimum Gasteiger partial charge on any atom is -0.355 e. The van der Waals surface area contributed by atoms with Crippen LogP contribution < -0.4 is 5.32 Å². The van der Waals surface area contributed by atoms with Gasteiger partial charge in [0.1, 0.15) is 0 Å². The minimum absolute atomic E-state index is 0.0722. The van der Waals surface area contributed by atoms with Crippen LogP contribution in [-0.4, -0.2) is 66.1 Å². The van der Waals surface area contributed by atoms with Gasteiger partial charge < -0.3 is 10.2 Å².